The summed E-state index contributed by atoms with van der Waals surface area (Å²) in [5.74, 6) is 1.47. The van der Waals surface area contributed by atoms with Gasteiger partial charge in [-0.3, -0.25) is 28.6 Å². The molecule has 3 aliphatic rings. The minimum atomic E-state index is -0.154. The van der Waals surface area contributed by atoms with Crippen molar-refractivity contribution in [2.75, 3.05) is 26.3 Å². The van der Waals surface area contributed by atoms with Crippen LogP contribution in [0.5, 0.6) is 11.5 Å². The minimum absolute atomic E-state index is 0.0401. The van der Waals surface area contributed by atoms with Crippen LogP contribution in [-0.2, 0) is 13.0 Å². The lowest BCUT2D eigenvalue weighted by Crippen LogP contribution is -2.62. The first-order valence-corrected chi connectivity index (χ1v) is 13.0. The molecule has 0 amide bonds. The van der Waals surface area contributed by atoms with E-state index in [0.717, 1.165) is 54.7 Å². The Morgan fingerprint density at radius 2 is 1.78 bits per heavy atom. The summed E-state index contributed by atoms with van der Waals surface area (Å²) in [6, 6.07) is 8.81. The molecule has 2 unspecified atom stereocenters. The summed E-state index contributed by atoms with van der Waals surface area (Å²) in [5.41, 5.74) is 1.45. The van der Waals surface area contributed by atoms with Crippen LogP contribution in [0.25, 0.3) is 11.0 Å². The number of pyridine rings is 3. The second kappa shape index (κ2) is 8.47. The summed E-state index contributed by atoms with van der Waals surface area (Å²) in [4.78, 5) is 33.1. The highest BCUT2D eigenvalue weighted by molar-refractivity contribution is 5.76. The molecule has 0 saturated carbocycles. The fourth-order valence-electron chi connectivity index (χ4n) is 6.60. The summed E-state index contributed by atoms with van der Waals surface area (Å²) in [5, 5.41) is 0.929. The highest BCUT2D eigenvalue weighted by Crippen LogP contribution is 2.46. The fraction of sp³-hybridized carbons (Fsp3) is 0.536. The van der Waals surface area contributed by atoms with Crippen LogP contribution in [-0.4, -0.2) is 50.9 Å². The third kappa shape index (κ3) is 3.65. The van der Waals surface area contributed by atoms with E-state index in [1.165, 1.54) is 0 Å². The SMILES string of the molecule is CC(C)(C)C1(Cc2cc3c(cn2)OCCO3)CCCCN1CC1Cn2c(=O)ccc3ccc(=O)n1c32. The Kier molecular flexibility index (Phi) is 5.48. The Balaban J connectivity index is 1.38. The van der Waals surface area contributed by atoms with Gasteiger partial charge in [0, 0.05) is 54.3 Å². The number of fused-ring (bicyclic) bond motifs is 1. The third-order valence-electron chi connectivity index (χ3n) is 8.48. The molecule has 6 rings (SSSR count). The van der Waals surface area contributed by atoms with Crippen molar-refractivity contribution in [3.63, 3.8) is 0 Å². The number of hydrogen-bond acceptors (Lipinski definition) is 6. The van der Waals surface area contributed by atoms with Crippen molar-refractivity contribution < 1.29 is 9.47 Å². The lowest BCUT2D eigenvalue weighted by molar-refractivity contribution is -0.0466. The molecule has 3 aromatic rings. The van der Waals surface area contributed by atoms with E-state index in [9.17, 15) is 9.59 Å². The minimum Gasteiger partial charge on any atom is -0.486 e. The van der Waals surface area contributed by atoms with Crippen LogP contribution < -0.4 is 20.6 Å². The molecule has 190 valence electrons. The standard InChI is InChI=1S/C28H34N4O4/c1-27(2,3)28(15-20-14-22-23(16-29-20)36-13-12-35-22)10-4-5-11-30(28)17-21-18-31-24(33)8-6-19-7-9-25(34)32(21)26(19)31/h6-9,14,16,21H,4-5,10-13,15,17-18H2,1-3H3. The van der Waals surface area contributed by atoms with Gasteiger partial charge in [-0.15, -0.1) is 0 Å². The lowest BCUT2D eigenvalue weighted by atomic mass is 9.65. The molecule has 0 spiro atoms. The van der Waals surface area contributed by atoms with Gasteiger partial charge in [-0.1, -0.05) is 27.2 Å². The lowest BCUT2D eigenvalue weighted by Gasteiger charge is -2.56. The van der Waals surface area contributed by atoms with Crippen molar-refractivity contribution in [3.05, 3.63) is 62.9 Å². The van der Waals surface area contributed by atoms with Crippen LogP contribution >= 0.6 is 0 Å². The van der Waals surface area contributed by atoms with Crippen LogP contribution in [0.3, 0.4) is 0 Å². The van der Waals surface area contributed by atoms with E-state index in [1.807, 2.05) is 22.8 Å². The van der Waals surface area contributed by atoms with Crippen molar-refractivity contribution in [2.45, 2.75) is 64.6 Å². The molecule has 0 bridgehead atoms. The fourth-order valence-corrected chi connectivity index (χ4v) is 6.60. The monoisotopic (exact) mass is 490 g/mol. The van der Waals surface area contributed by atoms with Gasteiger partial charge in [0.1, 0.15) is 18.9 Å². The second-order valence-electron chi connectivity index (χ2n) is 11.4. The average molecular weight is 491 g/mol. The third-order valence-corrected chi connectivity index (χ3v) is 8.48. The summed E-state index contributed by atoms with van der Waals surface area (Å²) >= 11 is 0. The maximum absolute atomic E-state index is 13.0. The van der Waals surface area contributed by atoms with Crippen LogP contribution in [0.2, 0.25) is 0 Å². The number of hydrogen-bond donors (Lipinski definition) is 0. The van der Waals surface area contributed by atoms with Gasteiger partial charge in [0.05, 0.1) is 12.2 Å². The van der Waals surface area contributed by atoms with E-state index >= 15 is 0 Å². The van der Waals surface area contributed by atoms with Gasteiger partial charge >= 0.3 is 0 Å². The number of nitrogens with zero attached hydrogens (tertiary/aromatic N) is 4. The van der Waals surface area contributed by atoms with Gasteiger partial charge in [0.15, 0.2) is 11.5 Å². The van der Waals surface area contributed by atoms with E-state index in [4.69, 9.17) is 14.5 Å². The van der Waals surface area contributed by atoms with Gasteiger partial charge in [-0.25, -0.2) is 0 Å². The Labute approximate surface area is 210 Å². The molecule has 0 aliphatic carbocycles. The molecule has 36 heavy (non-hydrogen) atoms. The van der Waals surface area contributed by atoms with E-state index in [-0.39, 0.29) is 28.1 Å². The zero-order valence-corrected chi connectivity index (χ0v) is 21.3. The van der Waals surface area contributed by atoms with E-state index in [1.54, 1.807) is 22.9 Å². The zero-order valence-electron chi connectivity index (χ0n) is 21.3. The first kappa shape index (κ1) is 23.3. The Morgan fingerprint density at radius 1 is 1.03 bits per heavy atom. The van der Waals surface area contributed by atoms with E-state index in [0.29, 0.717) is 32.1 Å². The van der Waals surface area contributed by atoms with Crippen molar-refractivity contribution in [2.24, 2.45) is 5.41 Å². The van der Waals surface area contributed by atoms with Crippen molar-refractivity contribution in [1.29, 1.82) is 0 Å². The van der Waals surface area contributed by atoms with Crippen molar-refractivity contribution >= 4 is 11.0 Å². The molecule has 1 saturated heterocycles. The first-order valence-electron chi connectivity index (χ1n) is 13.0. The van der Waals surface area contributed by atoms with E-state index < -0.39 is 0 Å². The predicted molar refractivity (Wildman–Crippen MR) is 138 cm³/mol. The number of likely N-dealkylation sites (tertiary alicyclic amines) is 1. The molecule has 0 N–H and O–H groups in total. The molecular weight excluding hydrogens is 456 g/mol. The summed E-state index contributed by atoms with van der Waals surface area (Å²) < 4.78 is 15.2. The van der Waals surface area contributed by atoms with E-state index in [2.05, 4.69) is 25.7 Å². The predicted octanol–water partition coefficient (Wildman–Crippen LogP) is 3.40. The van der Waals surface area contributed by atoms with Crippen LogP contribution in [0, 0.1) is 5.41 Å². The largest absolute Gasteiger partial charge is 0.486 e. The Bertz CT molecular complexity index is 1430. The summed E-state index contributed by atoms with van der Waals surface area (Å²) in [6.07, 6.45) is 5.88. The molecule has 6 heterocycles. The molecule has 1 fully saturated rings. The highest BCUT2D eigenvalue weighted by Gasteiger charge is 2.49. The number of aromatic nitrogens is 3. The number of piperidine rings is 1. The Hall–Kier alpha value is -3.13. The zero-order chi connectivity index (χ0) is 25.1. The molecule has 8 nitrogen and oxygen atoms in total. The smallest absolute Gasteiger partial charge is 0.252 e. The van der Waals surface area contributed by atoms with Gasteiger partial charge in [0.2, 0.25) is 0 Å². The van der Waals surface area contributed by atoms with Gasteiger partial charge in [-0.05, 0) is 36.9 Å². The molecule has 2 atom stereocenters. The average Bonchev–Trinajstić information content (AvgIpc) is 3.24. The maximum atomic E-state index is 13.0. The second-order valence-corrected chi connectivity index (χ2v) is 11.4. The molecule has 8 heteroatoms. The van der Waals surface area contributed by atoms with Gasteiger partial charge in [0.25, 0.3) is 11.1 Å². The van der Waals surface area contributed by atoms with Gasteiger partial charge < -0.3 is 9.47 Å². The quantitative estimate of drug-likeness (QED) is 0.558. The highest BCUT2D eigenvalue weighted by atomic mass is 16.6. The summed E-state index contributed by atoms with van der Waals surface area (Å²) in [7, 11) is 0. The maximum Gasteiger partial charge on any atom is 0.252 e. The van der Waals surface area contributed by atoms with Crippen LogP contribution in [0.4, 0.5) is 0 Å². The van der Waals surface area contributed by atoms with Gasteiger partial charge in [-0.2, -0.15) is 0 Å². The van der Waals surface area contributed by atoms with Crippen LogP contribution in [0.1, 0.15) is 51.8 Å². The molecular formula is C28H34N4O4. The van der Waals surface area contributed by atoms with Crippen LogP contribution in [0.15, 0.2) is 46.1 Å². The topological polar surface area (TPSA) is 78.6 Å². The molecule has 3 aromatic heterocycles. The van der Waals surface area contributed by atoms with Crippen molar-refractivity contribution in [3.8, 4) is 11.5 Å². The number of ether oxygens (including phenoxy) is 2. The number of rotatable bonds is 4. The normalized spacial score (nSPS) is 23.8. The molecule has 3 aliphatic heterocycles. The first-order chi connectivity index (χ1) is 17.3. The molecule has 0 radical (unpaired) electrons. The summed E-state index contributed by atoms with van der Waals surface area (Å²) in [6.45, 7) is 10.2. The molecule has 0 aromatic carbocycles. The van der Waals surface area contributed by atoms with Crippen molar-refractivity contribution in [1.82, 2.24) is 19.0 Å². The Morgan fingerprint density at radius 3 is 2.56 bits per heavy atom.